The monoisotopic (exact) mass is 532 g/mol. The van der Waals surface area contributed by atoms with Crippen molar-refractivity contribution in [1.82, 2.24) is 4.98 Å². The zero-order chi connectivity index (χ0) is 21.3. The van der Waals surface area contributed by atoms with Crippen LogP contribution in [-0.2, 0) is 9.59 Å². The highest BCUT2D eigenvalue weighted by atomic mass is 127. The highest BCUT2D eigenvalue weighted by molar-refractivity contribution is 14.1. The van der Waals surface area contributed by atoms with Gasteiger partial charge in [-0.25, -0.2) is 4.98 Å². The molecular formula is C22H17IN2O4S. The number of Topliss-reactive ketones (excluding diaryl/α,β-unsaturated/α-hetero) is 1. The molecule has 1 aliphatic heterocycles. The predicted octanol–water partition coefficient (Wildman–Crippen LogP) is 4.77. The number of amides is 1. The zero-order valence-electron chi connectivity index (χ0n) is 15.9. The summed E-state index contributed by atoms with van der Waals surface area (Å²) in [4.78, 5) is 31.5. The maximum absolute atomic E-state index is 13.0. The molecule has 1 amide bonds. The molecule has 8 heteroatoms. The van der Waals surface area contributed by atoms with E-state index in [1.165, 1.54) is 16.2 Å². The second kappa shape index (κ2) is 8.57. The van der Waals surface area contributed by atoms with Gasteiger partial charge in [-0.05, 0) is 59.3 Å². The SMILES string of the molecule is CCOc1cccc(C(O)=C2C(=O)C(=O)N(c3nccs3)C2c2ccc(I)cc2)c1. The van der Waals surface area contributed by atoms with E-state index in [0.29, 0.717) is 28.6 Å². The first-order valence-corrected chi connectivity index (χ1v) is 11.2. The summed E-state index contributed by atoms with van der Waals surface area (Å²) in [5, 5.41) is 13.3. The van der Waals surface area contributed by atoms with Gasteiger partial charge in [-0.1, -0.05) is 24.3 Å². The summed E-state index contributed by atoms with van der Waals surface area (Å²) < 4.78 is 6.53. The largest absolute Gasteiger partial charge is 0.507 e. The summed E-state index contributed by atoms with van der Waals surface area (Å²) in [7, 11) is 0. The summed E-state index contributed by atoms with van der Waals surface area (Å²) in [6, 6.07) is 13.6. The summed E-state index contributed by atoms with van der Waals surface area (Å²) in [5.74, 6) is -1.12. The third kappa shape index (κ3) is 3.72. The Balaban J connectivity index is 1.90. The van der Waals surface area contributed by atoms with Crippen molar-refractivity contribution >= 4 is 56.5 Å². The minimum atomic E-state index is -0.774. The van der Waals surface area contributed by atoms with Gasteiger partial charge in [-0.2, -0.15) is 0 Å². The molecule has 0 bridgehead atoms. The van der Waals surface area contributed by atoms with E-state index < -0.39 is 17.7 Å². The van der Waals surface area contributed by atoms with Gasteiger partial charge in [0.05, 0.1) is 18.2 Å². The van der Waals surface area contributed by atoms with Crippen LogP contribution in [0.2, 0.25) is 0 Å². The van der Waals surface area contributed by atoms with Crippen LogP contribution in [0.25, 0.3) is 5.76 Å². The van der Waals surface area contributed by atoms with Crippen molar-refractivity contribution in [3.63, 3.8) is 0 Å². The number of carbonyl (C=O) groups is 2. The van der Waals surface area contributed by atoms with Crippen molar-refractivity contribution in [3.8, 4) is 5.75 Å². The number of nitrogens with zero attached hydrogens (tertiary/aromatic N) is 2. The van der Waals surface area contributed by atoms with Crippen LogP contribution in [0.15, 0.2) is 65.7 Å². The number of anilines is 1. The molecule has 30 heavy (non-hydrogen) atoms. The van der Waals surface area contributed by atoms with Gasteiger partial charge < -0.3 is 9.84 Å². The molecule has 2 aromatic carbocycles. The normalized spacial score (nSPS) is 18.1. The number of halogens is 1. The molecule has 1 unspecified atom stereocenters. The first-order chi connectivity index (χ1) is 14.5. The van der Waals surface area contributed by atoms with Crippen LogP contribution in [-0.4, -0.2) is 28.4 Å². The molecule has 0 aliphatic carbocycles. The highest BCUT2D eigenvalue weighted by Gasteiger charge is 2.47. The summed E-state index contributed by atoms with van der Waals surface area (Å²) >= 11 is 3.45. The van der Waals surface area contributed by atoms with Crippen LogP contribution >= 0.6 is 33.9 Å². The van der Waals surface area contributed by atoms with Gasteiger partial charge >= 0.3 is 5.91 Å². The molecule has 1 aromatic heterocycles. The Hall–Kier alpha value is -2.72. The lowest BCUT2D eigenvalue weighted by Crippen LogP contribution is -2.29. The maximum atomic E-state index is 13.0. The van der Waals surface area contributed by atoms with E-state index in [2.05, 4.69) is 27.6 Å². The Kier molecular flexibility index (Phi) is 5.87. The topological polar surface area (TPSA) is 79.7 Å². The van der Waals surface area contributed by atoms with Crippen molar-refractivity contribution in [1.29, 1.82) is 0 Å². The van der Waals surface area contributed by atoms with E-state index in [4.69, 9.17) is 4.74 Å². The van der Waals surface area contributed by atoms with Crippen molar-refractivity contribution in [2.75, 3.05) is 11.5 Å². The Bertz CT molecular complexity index is 1130. The summed E-state index contributed by atoms with van der Waals surface area (Å²) in [6.45, 7) is 2.34. The van der Waals surface area contributed by atoms with E-state index in [-0.39, 0.29) is 11.3 Å². The molecule has 1 saturated heterocycles. The van der Waals surface area contributed by atoms with Crippen LogP contribution in [0.3, 0.4) is 0 Å². The molecule has 6 nitrogen and oxygen atoms in total. The van der Waals surface area contributed by atoms with Crippen molar-refractivity contribution in [2.45, 2.75) is 13.0 Å². The zero-order valence-corrected chi connectivity index (χ0v) is 18.9. The van der Waals surface area contributed by atoms with Gasteiger partial charge in [0.15, 0.2) is 5.13 Å². The number of carbonyl (C=O) groups excluding carboxylic acids is 2. The van der Waals surface area contributed by atoms with Gasteiger partial charge in [-0.3, -0.25) is 14.5 Å². The van der Waals surface area contributed by atoms with Crippen LogP contribution in [0, 0.1) is 3.57 Å². The molecule has 0 saturated carbocycles. The number of ketones is 1. The number of aliphatic hydroxyl groups excluding tert-OH is 1. The molecule has 3 aromatic rings. The fraction of sp³-hybridized carbons (Fsp3) is 0.136. The van der Waals surface area contributed by atoms with Gasteiger partial charge in [0.1, 0.15) is 11.5 Å². The van der Waals surface area contributed by atoms with E-state index in [1.54, 1.807) is 35.8 Å². The predicted molar refractivity (Wildman–Crippen MR) is 124 cm³/mol. The Morgan fingerprint density at radius 1 is 1.23 bits per heavy atom. The first-order valence-electron chi connectivity index (χ1n) is 9.20. The summed E-state index contributed by atoms with van der Waals surface area (Å²) in [6.07, 6.45) is 1.58. The van der Waals surface area contributed by atoms with Crippen LogP contribution < -0.4 is 9.64 Å². The second-order valence-electron chi connectivity index (χ2n) is 6.50. The molecular weight excluding hydrogens is 515 g/mol. The number of aromatic nitrogens is 1. The average molecular weight is 532 g/mol. The lowest BCUT2D eigenvalue weighted by molar-refractivity contribution is -0.132. The lowest BCUT2D eigenvalue weighted by Gasteiger charge is -2.23. The number of ether oxygens (including phenoxy) is 1. The Morgan fingerprint density at radius 3 is 2.67 bits per heavy atom. The molecule has 1 atom stereocenters. The highest BCUT2D eigenvalue weighted by Crippen LogP contribution is 2.42. The molecule has 1 fully saturated rings. The van der Waals surface area contributed by atoms with E-state index >= 15 is 0 Å². The van der Waals surface area contributed by atoms with Crippen LogP contribution in [0.1, 0.15) is 24.1 Å². The molecule has 4 rings (SSSR count). The molecule has 152 valence electrons. The smallest absolute Gasteiger partial charge is 0.301 e. The molecule has 1 aliphatic rings. The number of thiazole rings is 1. The number of hydrogen-bond acceptors (Lipinski definition) is 6. The Morgan fingerprint density at radius 2 is 2.00 bits per heavy atom. The lowest BCUT2D eigenvalue weighted by atomic mass is 9.95. The number of benzene rings is 2. The molecule has 0 radical (unpaired) electrons. The standard InChI is InChI=1S/C22H17IN2O4S/c1-2-29-16-5-3-4-14(12-16)19(26)17-18(13-6-8-15(23)9-7-13)25(21(28)20(17)27)22-24-10-11-30-22/h3-12,18,26H,2H2,1H3. The van der Waals surface area contributed by atoms with Crippen molar-refractivity contribution in [3.05, 3.63) is 80.4 Å². The van der Waals surface area contributed by atoms with Gasteiger partial charge in [0, 0.05) is 20.7 Å². The van der Waals surface area contributed by atoms with Crippen LogP contribution in [0.5, 0.6) is 5.75 Å². The first kappa shape index (κ1) is 20.5. The number of rotatable bonds is 5. The van der Waals surface area contributed by atoms with Gasteiger partial charge in [0.2, 0.25) is 0 Å². The van der Waals surface area contributed by atoms with E-state index in [1.807, 2.05) is 31.2 Å². The Labute approximate surface area is 191 Å². The minimum absolute atomic E-state index is 0.0325. The summed E-state index contributed by atoms with van der Waals surface area (Å²) in [5.41, 5.74) is 1.16. The fourth-order valence-electron chi connectivity index (χ4n) is 3.38. The number of hydrogen-bond donors (Lipinski definition) is 1. The minimum Gasteiger partial charge on any atom is -0.507 e. The van der Waals surface area contributed by atoms with Gasteiger partial charge in [0.25, 0.3) is 5.78 Å². The van der Waals surface area contributed by atoms with Crippen molar-refractivity contribution in [2.24, 2.45) is 0 Å². The molecule has 2 heterocycles. The molecule has 1 N–H and O–H groups in total. The third-order valence-electron chi connectivity index (χ3n) is 4.67. The fourth-order valence-corrected chi connectivity index (χ4v) is 4.41. The second-order valence-corrected chi connectivity index (χ2v) is 8.61. The molecule has 0 spiro atoms. The van der Waals surface area contributed by atoms with Crippen molar-refractivity contribution < 1.29 is 19.4 Å². The average Bonchev–Trinajstić information content (AvgIpc) is 3.36. The van der Waals surface area contributed by atoms with E-state index in [0.717, 1.165) is 3.57 Å². The third-order valence-corrected chi connectivity index (χ3v) is 6.16. The number of aliphatic hydroxyl groups is 1. The maximum Gasteiger partial charge on any atom is 0.301 e. The van der Waals surface area contributed by atoms with Gasteiger partial charge in [-0.15, -0.1) is 11.3 Å². The van der Waals surface area contributed by atoms with Crippen LogP contribution in [0.4, 0.5) is 5.13 Å². The quantitative estimate of drug-likeness (QED) is 0.222. The van der Waals surface area contributed by atoms with E-state index in [9.17, 15) is 14.7 Å².